The second kappa shape index (κ2) is 7.30. The van der Waals surface area contributed by atoms with Gasteiger partial charge in [-0.25, -0.2) is 0 Å². The normalized spacial score (nSPS) is 24.1. The average Bonchev–Trinajstić information content (AvgIpc) is 2.36. The van der Waals surface area contributed by atoms with Crippen molar-refractivity contribution in [1.29, 1.82) is 0 Å². The van der Waals surface area contributed by atoms with Crippen molar-refractivity contribution < 1.29 is 19.1 Å². The molecule has 0 amide bonds. The molecule has 1 rings (SSSR count). The summed E-state index contributed by atoms with van der Waals surface area (Å²) >= 11 is 0. The molecule has 4 nitrogen and oxygen atoms in total. The van der Waals surface area contributed by atoms with Gasteiger partial charge in [0.05, 0.1) is 25.0 Å². The van der Waals surface area contributed by atoms with Crippen molar-refractivity contribution in [1.82, 2.24) is 0 Å². The quantitative estimate of drug-likeness (QED) is 0.694. The zero-order chi connectivity index (χ0) is 12.7. The molecule has 1 aliphatic carbocycles. The van der Waals surface area contributed by atoms with E-state index in [0.717, 1.165) is 25.7 Å². The summed E-state index contributed by atoms with van der Waals surface area (Å²) in [6.07, 6.45) is 3.98. The molecule has 1 aliphatic rings. The van der Waals surface area contributed by atoms with E-state index in [9.17, 15) is 9.59 Å². The summed E-state index contributed by atoms with van der Waals surface area (Å²) in [4.78, 5) is 23.3. The maximum atomic E-state index is 11.7. The van der Waals surface area contributed by atoms with Crippen molar-refractivity contribution in [3.8, 4) is 0 Å². The van der Waals surface area contributed by atoms with E-state index in [-0.39, 0.29) is 23.8 Å². The number of carbonyl (C=O) groups is 2. The number of esters is 2. The molecule has 0 N–H and O–H groups in total. The van der Waals surface area contributed by atoms with Crippen molar-refractivity contribution >= 4 is 11.9 Å². The molecule has 2 atom stereocenters. The van der Waals surface area contributed by atoms with E-state index in [2.05, 4.69) is 0 Å². The van der Waals surface area contributed by atoms with E-state index in [4.69, 9.17) is 9.47 Å². The standard InChI is InChI=1S/C13H22O4/c1-3-8-17-13(15)11-7-5-6-10(9-11)12(14)16-4-2/h10-11H,3-9H2,1-2H3. The summed E-state index contributed by atoms with van der Waals surface area (Å²) in [6.45, 7) is 4.64. The van der Waals surface area contributed by atoms with Crippen molar-refractivity contribution in [3.05, 3.63) is 0 Å². The summed E-state index contributed by atoms with van der Waals surface area (Å²) in [5.41, 5.74) is 0. The molecule has 0 aliphatic heterocycles. The van der Waals surface area contributed by atoms with Crippen LogP contribution in [0.15, 0.2) is 0 Å². The van der Waals surface area contributed by atoms with Crippen LogP contribution in [0.4, 0.5) is 0 Å². The molecule has 0 saturated heterocycles. The summed E-state index contributed by atoms with van der Waals surface area (Å²) in [6, 6.07) is 0. The Hall–Kier alpha value is -1.06. The molecule has 17 heavy (non-hydrogen) atoms. The monoisotopic (exact) mass is 242 g/mol. The second-order valence-corrected chi connectivity index (χ2v) is 4.48. The molecule has 0 spiro atoms. The Morgan fingerprint density at radius 1 is 1.06 bits per heavy atom. The smallest absolute Gasteiger partial charge is 0.308 e. The lowest BCUT2D eigenvalue weighted by Gasteiger charge is -2.26. The highest BCUT2D eigenvalue weighted by molar-refractivity contribution is 5.76. The van der Waals surface area contributed by atoms with Crippen LogP contribution < -0.4 is 0 Å². The highest BCUT2D eigenvalue weighted by Gasteiger charge is 2.32. The molecule has 0 aromatic carbocycles. The van der Waals surface area contributed by atoms with Crippen molar-refractivity contribution in [3.63, 3.8) is 0 Å². The van der Waals surface area contributed by atoms with Crippen LogP contribution in [0.3, 0.4) is 0 Å². The van der Waals surface area contributed by atoms with Gasteiger partial charge in [0.1, 0.15) is 0 Å². The fourth-order valence-electron chi connectivity index (χ4n) is 2.20. The van der Waals surface area contributed by atoms with Gasteiger partial charge < -0.3 is 9.47 Å². The van der Waals surface area contributed by atoms with E-state index in [1.807, 2.05) is 6.92 Å². The van der Waals surface area contributed by atoms with E-state index >= 15 is 0 Å². The first-order valence-corrected chi connectivity index (χ1v) is 6.52. The fraction of sp³-hybridized carbons (Fsp3) is 0.846. The number of hydrogen-bond donors (Lipinski definition) is 0. The van der Waals surface area contributed by atoms with Crippen LogP contribution in [-0.2, 0) is 19.1 Å². The zero-order valence-corrected chi connectivity index (χ0v) is 10.7. The molecular formula is C13H22O4. The Bertz CT molecular complexity index is 262. The molecule has 1 fully saturated rings. The summed E-state index contributed by atoms with van der Waals surface area (Å²) in [7, 11) is 0. The number of carbonyl (C=O) groups excluding carboxylic acids is 2. The third-order valence-electron chi connectivity index (χ3n) is 3.08. The van der Waals surface area contributed by atoms with Gasteiger partial charge in [-0.15, -0.1) is 0 Å². The van der Waals surface area contributed by atoms with Crippen LogP contribution >= 0.6 is 0 Å². The summed E-state index contributed by atoms with van der Waals surface area (Å²) < 4.78 is 10.1. The SMILES string of the molecule is CCCOC(=O)C1CCCC(C(=O)OCC)C1. The molecule has 0 heterocycles. The van der Waals surface area contributed by atoms with Crippen LogP contribution in [0.25, 0.3) is 0 Å². The number of hydrogen-bond acceptors (Lipinski definition) is 4. The third-order valence-corrected chi connectivity index (χ3v) is 3.08. The van der Waals surface area contributed by atoms with Gasteiger partial charge >= 0.3 is 11.9 Å². The first-order chi connectivity index (χ1) is 8.19. The van der Waals surface area contributed by atoms with Crippen molar-refractivity contribution in [2.24, 2.45) is 11.8 Å². The lowest BCUT2D eigenvalue weighted by molar-refractivity contribution is -0.154. The molecule has 2 unspecified atom stereocenters. The van der Waals surface area contributed by atoms with Crippen LogP contribution in [0, 0.1) is 11.8 Å². The minimum Gasteiger partial charge on any atom is -0.466 e. The number of ether oxygens (including phenoxy) is 2. The van der Waals surface area contributed by atoms with E-state index < -0.39 is 0 Å². The molecule has 0 aromatic rings. The van der Waals surface area contributed by atoms with Gasteiger partial charge in [-0.05, 0) is 32.6 Å². The highest BCUT2D eigenvalue weighted by Crippen LogP contribution is 2.30. The van der Waals surface area contributed by atoms with Crippen LogP contribution in [0.5, 0.6) is 0 Å². The summed E-state index contributed by atoms with van der Waals surface area (Å²) in [5.74, 6) is -0.561. The molecule has 0 aromatic heterocycles. The van der Waals surface area contributed by atoms with Gasteiger partial charge in [-0.1, -0.05) is 13.3 Å². The van der Waals surface area contributed by atoms with Gasteiger partial charge in [-0.2, -0.15) is 0 Å². The maximum absolute atomic E-state index is 11.7. The third kappa shape index (κ3) is 4.36. The van der Waals surface area contributed by atoms with Crippen LogP contribution in [-0.4, -0.2) is 25.2 Å². The zero-order valence-electron chi connectivity index (χ0n) is 10.7. The van der Waals surface area contributed by atoms with Crippen molar-refractivity contribution in [2.45, 2.75) is 46.0 Å². The topological polar surface area (TPSA) is 52.6 Å². The Morgan fingerprint density at radius 3 is 2.18 bits per heavy atom. The summed E-state index contributed by atoms with van der Waals surface area (Å²) in [5, 5.41) is 0. The molecule has 0 radical (unpaired) electrons. The minimum atomic E-state index is -0.166. The molecular weight excluding hydrogens is 220 g/mol. The van der Waals surface area contributed by atoms with E-state index in [1.54, 1.807) is 6.92 Å². The van der Waals surface area contributed by atoms with Gasteiger partial charge in [0.15, 0.2) is 0 Å². The van der Waals surface area contributed by atoms with Crippen molar-refractivity contribution in [2.75, 3.05) is 13.2 Å². The fourth-order valence-corrected chi connectivity index (χ4v) is 2.20. The second-order valence-electron chi connectivity index (χ2n) is 4.48. The highest BCUT2D eigenvalue weighted by atomic mass is 16.5. The van der Waals surface area contributed by atoms with Gasteiger partial charge in [-0.3, -0.25) is 9.59 Å². The predicted molar refractivity (Wildman–Crippen MR) is 63.3 cm³/mol. The Balaban J connectivity index is 2.42. The van der Waals surface area contributed by atoms with E-state index in [0.29, 0.717) is 19.6 Å². The van der Waals surface area contributed by atoms with Crippen LogP contribution in [0.2, 0.25) is 0 Å². The van der Waals surface area contributed by atoms with E-state index in [1.165, 1.54) is 0 Å². The van der Waals surface area contributed by atoms with Gasteiger partial charge in [0.2, 0.25) is 0 Å². The average molecular weight is 242 g/mol. The largest absolute Gasteiger partial charge is 0.466 e. The lowest BCUT2D eigenvalue weighted by Crippen LogP contribution is -2.29. The molecule has 0 bridgehead atoms. The Kier molecular flexibility index (Phi) is 6.01. The first-order valence-electron chi connectivity index (χ1n) is 6.52. The minimum absolute atomic E-state index is 0.121. The Labute approximate surface area is 103 Å². The predicted octanol–water partition coefficient (Wildman–Crippen LogP) is 2.31. The Morgan fingerprint density at radius 2 is 1.65 bits per heavy atom. The molecule has 1 saturated carbocycles. The maximum Gasteiger partial charge on any atom is 0.308 e. The first kappa shape index (κ1) is 14.0. The molecule has 98 valence electrons. The number of rotatable bonds is 5. The van der Waals surface area contributed by atoms with Gasteiger partial charge in [0, 0.05) is 0 Å². The lowest BCUT2D eigenvalue weighted by atomic mass is 9.81. The van der Waals surface area contributed by atoms with Crippen LogP contribution in [0.1, 0.15) is 46.0 Å². The molecule has 4 heteroatoms. The van der Waals surface area contributed by atoms with Gasteiger partial charge in [0.25, 0.3) is 0 Å².